The van der Waals surface area contributed by atoms with Crippen molar-refractivity contribution in [1.29, 1.82) is 0 Å². The summed E-state index contributed by atoms with van der Waals surface area (Å²) in [6.45, 7) is 4.80. The zero-order valence-electron chi connectivity index (χ0n) is 46.7. The molecule has 1 heterocycles. The standard InChI is InChI=1S/C81H56N2O/c1-81(2)75-50-49-72-69-25-10-9-23-67(69)68-24-11-12-27-71(68)78(72)79(75)74-48-47-65(52-76(74)81)83(64-22-15-21-59(51-64)54-19-7-4-8-20-54)63-43-35-57(36-44-63)56-33-41-61(42-34-56)82(60-39-31-55(32-40-60)53-17-5-3-6-18-53)62-45-37-58(38-46-62)66-28-16-29-73-70-26-13-14-30-77(70)84-80(66)73/h3-52H,1-2H3. The molecule has 0 atom stereocenters. The van der Waals surface area contributed by atoms with Gasteiger partial charge in [0.2, 0.25) is 0 Å². The van der Waals surface area contributed by atoms with E-state index < -0.39 is 0 Å². The number of furan rings is 1. The number of anilines is 6. The molecule has 3 nitrogen and oxygen atoms in total. The van der Waals surface area contributed by atoms with Crippen molar-refractivity contribution in [3.05, 3.63) is 314 Å². The minimum Gasteiger partial charge on any atom is -0.455 e. The molecule has 0 bridgehead atoms. The molecule has 0 aliphatic heterocycles. The summed E-state index contributed by atoms with van der Waals surface area (Å²) in [7, 11) is 0. The number of nitrogens with zero attached hydrogens (tertiary/aromatic N) is 2. The molecule has 0 saturated carbocycles. The quantitative estimate of drug-likeness (QED) is 0.127. The fourth-order valence-electron chi connectivity index (χ4n) is 13.5. The van der Waals surface area contributed by atoms with E-state index in [-0.39, 0.29) is 5.41 Å². The first kappa shape index (κ1) is 49.1. The Morgan fingerprint density at radius 2 is 0.679 bits per heavy atom. The van der Waals surface area contributed by atoms with Crippen molar-refractivity contribution >= 4 is 88.4 Å². The highest BCUT2D eigenvalue weighted by Gasteiger charge is 2.38. The molecule has 3 heteroatoms. The van der Waals surface area contributed by atoms with Gasteiger partial charge in [0.05, 0.1) is 0 Å². The lowest BCUT2D eigenvalue weighted by molar-refractivity contribution is 0.661. The molecule has 15 aromatic rings. The second kappa shape index (κ2) is 19.8. The second-order valence-corrected chi connectivity index (χ2v) is 22.8. The zero-order chi connectivity index (χ0) is 55.9. The van der Waals surface area contributed by atoms with Crippen LogP contribution in [0.3, 0.4) is 0 Å². The molecule has 0 amide bonds. The third-order valence-corrected chi connectivity index (χ3v) is 17.7. The summed E-state index contributed by atoms with van der Waals surface area (Å²) in [6, 6.07) is 111. The maximum atomic E-state index is 6.48. The Morgan fingerprint density at radius 3 is 1.27 bits per heavy atom. The normalized spacial score (nSPS) is 12.5. The Bertz CT molecular complexity index is 4970. The smallest absolute Gasteiger partial charge is 0.143 e. The Balaban J connectivity index is 0.767. The van der Waals surface area contributed by atoms with Crippen LogP contribution in [-0.2, 0) is 5.41 Å². The van der Waals surface area contributed by atoms with Crippen molar-refractivity contribution in [2.24, 2.45) is 0 Å². The van der Waals surface area contributed by atoms with E-state index in [0.29, 0.717) is 0 Å². The highest BCUT2D eigenvalue weighted by molar-refractivity contribution is 6.29. The minimum atomic E-state index is -0.245. The molecule has 1 aromatic heterocycles. The molecule has 0 N–H and O–H groups in total. The van der Waals surface area contributed by atoms with Crippen LogP contribution in [0, 0.1) is 0 Å². The zero-order valence-corrected chi connectivity index (χ0v) is 46.7. The van der Waals surface area contributed by atoms with E-state index in [1.165, 1.54) is 76.8 Å². The van der Waals surface area contributed by atoms with E-state index in [2.05, 4.69) is 315 Å². The van der Waals surface area contributed by atoms with Gasteiger partial charge in [0.1, 0.15) is 11.2 Å². The predicted octanol–water partition coefficient (Wildman–Crippen LogP) is 23.0. The lowest BCUT2D eigenvalue weighted by Crippen LogP contribution is -2.16. The van der Waals surface area contributed by atoms with Crippen LogP contribution in [0.15, 0.2) is 308 Å². The van der Waals surface area contributed by atoms with Crippen LogP contribution in [0.5, 0.6) is 0 Å². The van der Waals surface area contributed by atoms with E-state index in [1.807, 2.05) is 12.1 Å². The van der Waals surface area contributed by atoms with Gasteiger partial charge in [0, 0.05) is 55.9 Å². The number of benzene rings is 14. The van der Waals surface area contributed by atoms with Crippen LogP contribution in [0.25, 0.3) is 110 Å². The Hall–Kier alpha value is -10.7. The van der Waals surface area contributed by atoms with Crippen LogP contribution < -0.4 is 9.80 Å². The van der Waals surface area contributed by atoms with E-state index in [9.17, 15) is 0 Å². The molecular formula is C81H56N2O. The van der Waals surface area contributed by atoms with Gasteiger partial charge >= 0.3 is 0 Å². The van der Waals surface area contributed by atoms with Crippen molar-refractivity contribution in [3.63, 3.8) is 0 Å². The predicted molar refractivity (Wildman–Crippen MR) is 355 cm³/mol. The topological polar surface area (TPSA) is 19.6 Å². The first-order chi connectivity index (χ1) is 41.4. The number of hydrogen-bond acceptors (Lipinski definition) is 3. The number of rotatable bonds is 10. The van der Waals surface area contributed by atoms with Gasteiger partial charge < -0.3 is 14.2 Å². The van der Waals surface area contributed by atoms with Gasteiger partial charge in [-0.2, -0.15) is 0 Å². The minimum absolute atomic E-state index is 0.245. The van der Waals surface area contributed by atoms with Crippen LogP contribution >= 0.6 is 0 Å². The van der Waals surface area contributed by atoms with Gasteiger partial charge in [0.15, 0.2) is 0 Å². The van der Waals surface area contributed by atoms with Crippen molar-refractivity contribution < 1.29 is 4.42 Å². The fourth-order valence-corrected chi connectivity index (χ4v) is 13.5. The van der Waals surface area contributed by atoms with E-state index in [0.717, 1.165) is 78.3 Å². The Morgan fingerprint density at radius 1 is 0.262 bits per heavy atom. The van der Waals surface area contributed by atoms with Gasteiger partial charge in [-0.1, -0.05) is 238 Å². The summed E-state index contributed by atoms with van der Waals surface area (Å²) in [5, 5.41) is 10.1. The van der Waals surface area contributed by atoms with E-state index in [4.69, 9.17) is 4.42 Å². The maximum Gasteiger partial charge on any atom is 0.143 e. The number of hydrogen-bond donors (Lipinski definition) is 0. The molecule has 0 unspecified atom stereocenters. The van der Waals surface area contributed by atoms with Crippen molar-refractivity contribution in [2.75, 3.05) is 9.80 Å². The monoisotopic (exact) mass is 1070 g/mol. The van der Waals surface area contributed by atoms with E-state index in [1.54, 1.807) is 0 Å². The maximum absolute atomic E-state index is 6.48. The molecule has 0 spiro atoms. The molecule has 1 aliphatic rings. The lowest BCUT2D eigenvalue weighted by atomic mass is 9.81. The van der Waals surface area contributed by atoms with Gasteiger partial charge in [-0.15, -0.1) is 0 Å². The average molecular weight is 1070 g/mol. The van der Waals surface area contributed by atoms with Crippen LogP contribution in [0.4, 0.5) is 34.1 Å². The Labute approximate surface area is 489 Å². The largest absolute Gasteiger partial charge is 0.455 e. The van der Waals surface area contributed by atoms with Gasteiger partial charge in [-0.25, -0.2) is 0 Å². The highest BCUT2D eigenvalue weighted by atomic mass is 16.3. The van der Waals surface area contributed by atoms with E-state index >= 15 is 0 Å². The van der Waals surface area contributed by atoms with Gasteiger partial charge in [-0.05, 0) is 172 Å². The molecule has 16 rings (SSSR count). The molecule has 14 aromatic carbocycles. The summed E-state index contributed by atoms with van der Waals surface area (Å²) >= 11 is 0. The van der Waals surface area contributed by atoms with Gasteiger partial charge in [-0.3, -0.25) is 0 Å². The molecule has 0 saturated heterocycles. The third kappa shape index (κ3) is 8.11. The summed E-state index contributed by atoms with van der Waals surface area (Å²) in [5.41, 5.74) is 22.6. The molecule has 0 fully saturated rings. The summed E-state index contributed by atoms with van der Waals surface area (Å²) in [5.74, 6) is 0. The van der Waals surface area contributed by atoms with Crippen molar-refractivity contribution in [2.45, 2.75) is 19.3 Å². The highest BCUT2D eigenvalue weighted by Crippen LogP contribution is 2.55. The summed E-state index contributed by atoms with van der Waals surface area (Å²) in [4.78, 5) is 4.78. The SMILES string of the molecule is CC1(C)c2cc(N(c3ccc(-c4ccc(N(c5ccc(-c6ccccc6)cc5)c5ccc(-c6cccc7c6oc6ccccc67)cc5)cc4)cc3)c3cccc(-c4ccccc4)c3)ccc2-c2c1ccc1c3ccccc3c3ccccc3c21. The van der Waals surface area contributed by atoms with Crippen LogP contribution in [0.2, 0.25) is 0 Å². The molecular weight excluding hydrogens is 1020 g/mol. The van der Waals surface area contributed by atoms with Crippen molar-refractivity contribution in [3.8, 4) is 55.6 Å². The first-order valence-corrected chi connectivity index (χ1v) is 29.1. The molecule has 1 aliphatic carbocycles. The molecule has 84 heavy (non-hydrogen) atoms. The fraction of sp³-hybridized carbons (Fsp3) is 0.0370. The molecule has 396 valence electrons. The van der Waals surface area contributed by atoms with Gasteiger partial charge in [0.25, 0.3) is 0 Å². The van der Waals surface area contributed by atoms with Crippen LogP contribution in [-0.4, -0.2) is 0 Å². The summed E-state index contributed by atoms with van der Waals surface area (Å²) in [6.07, 6.45) is 0. The summed E-state index contributed by atoms with van der Waals surface area (Å²) < 4.78 is 6.48. The Kier molecular flexibility index (Phi) is 11.6. The lowest BCUT2D eigenvalue weighted by Gasteiger charge is -2.28. The van der Waals surface area contributed by atoms with Crippen molar-refractivity contribution in [1.82, 2.24) is 0 Å². The first-order valence-electron chi connectivity index (χ1n) is 29.1. The molecule has 0 radical (unpaired) electrons. The number of para-hydroxylation sites is 2. The average Bonchev–Trinajstić information content (AvgIpc) is 1.62. The third-order valence-electron chi connectivity index (χ3n) is 17.7. The second-order valence-electron chi connectivity index (χ2n) is 22.8. The van der Waals surface area contributed by atoms with Crippen LogP contribution in [0.1, 0.15) is 25.0 Å². The number of fused-ring (bicyclic) bond motifs is 13.